The van der Waals surface area contributed by atoms with Crippen molar-refractivity contribution >= 4 is 17.2 Å². The van der Waals surface area contributed by atoms with Crippen LogP contribution in [0.15, 0.2) is 17.1 Å². The Bertz CT molecular complexity index is 191. The predicted molar refractivity (Wildman–Crippen MR) is 55.8 cm³/mol. The Morgan fingerprint density at radius 2 is 2.00 bits per heavy atom. The largest absolute Gasteiger partial charge is 0.234 e. The lowest BCUT2D eigenvalue weighted by molar-refractivity contribution is 0.650. The fraction of sp³-hybridized carbons (Fsp3) is 0.667. The van der Waals surface area contributed by atoms with Gasteiger partial charge in [-0.1, -0.05) is 6.08 Å². The third kappa shape index (κ3) is 5.24. The van der Waals surface area contributed by atoms with E-state index < -0.39 is 11.0 Å². The summed E-state index contributed by atoms with van der Waals surface area (Å²) in [6.45, 7) is 9.32. The maximum atomic E-state index is 11.3. The van der Waals surface area contributed by atoms with Gasteiger partial charge in [0.25, 0.3) is 0 Å². The molecule has 0 aliphatic carbocycles. The molecule has 0 unspecified atom stereocenters. The highest BCUT2D eigenvalue weighted by atomic mass is 32.2. The fourth-order valence-electron chi connectivity index (χ4n) is 0.471. The van der Waals surface area contributed by atoms with Gasteiger partial charge in [-0.25, -0.2) is 4.21 Å². The van der Waals surface area contributed by atoms with Gasteiger partial charge in [0.15, 0.2) is 0 Å². The van der Waals surface area contributed by atoms with Gasteiger partial charge in [0.2, 0.25) is 0 Å². The van der Waals surface area contributed by atoms with E-state index in [1.54, 1.807) is 6.21 Å². The summed E-state index contributed by atoms with van der Waals surface area (Å²) < 4.78 is 15.0. The smallest absolute Gasteiger partial charge is 0.144 e. The molecule has 0 amide bonds. The van der Waals surface area contributed by atoms with E-state index in [1.165, 1.54) is 0 Å². The van der Waals surface area contributed by atoms with E-state index in [2.05, 4.69) is 11.0 Å². The summed E-state index contributed by atoms with van der Waals surface area (Å²) in [5.41, 5.74) is 0. The summed E-state index contributed by atoms with van der Waals surface area (Å²) in [5.74, 6) is 0. The van der Waals surface area contributed by atoms with Crippen molar-refractivity contribution in [3.8, 4) is 0 Å². The molecule has 0 fully saturated rings. The highest BCUT2D eigenvalue weighted by Crippen LogP contribution is 2.11. The van der Waals surface area contributed by atoms with E-state index >= 15 is 0 Å². The van der Waals surface area contributed by atoms with Crippen molar-refractivity contribution < 1.29 is 4.21 Å². The molecule has 70 valence electrons. The standard InChI is InChI=1S/C9H17NOS/c1-5-6-7-8-10-12(11)9(2,3)4/h5,8H,1,6-7H2,2-4H3/t12-/m1/s1. The highest BCUT2D eigenvalue weighted by molar-refractivity contribution is 7.85. The summed E-state index contributed by atoms with van der Waals surface area (Å²) in [4.78, 5) is 0. The lowest BCUT2D eigenvalue weighted by atomic mass is 10.3. The SMILES string of the molecule is C=CCCC=N[S@](=O)C(C)(C)C. The highest BCUT2D eigenvalue weighted by Gasteiger charge is 2.17. The van der Waals surface area contributed by atoms with Gasteiger partial charge in [0.1, 0.15) is 11.0 Å². The molecule has 1 atom stereocenters. The number of rotatable bonds is 4. The average molecular weight is 187 g/mol. The first-order chi connectivity index (χ1) is 5.48. The van der Waals surface area contributed by atoms with Gasteiger partial charge in [0.05, 0.1) is 4.75 Å². The average Bonchev–Trinajstić information content (AvgIpc) is 1.96. The molecule has 0 N–H and O–H groups in total. The van der Waals surface area contributed by atoms with Crippen LogP contribution in [-0.4, -0.2) is 15.2 Å². The molecule has 0 saturated heterocycles. The van der Waals surface area contributed by atoms with Gasteiger partial charge in [0, 0.05) is 6.21 Å². The van der Waals surface area contributed by atoms with Crippen LogP contribution in [0.4, 0.5) is 0 Å². The zero-order chi connectivity index (χ0) is 9.61. The van der Waals surface area contributed by atoms with E-state index in [9.17, 15) is 4.21 Å². The van der Waals surface area contributed by atoms with Crippen LogP contribution in [0.25, 0.3) is 0 Å². The second kappa shape index (κ2) is 5.25. The van der Waals surface area contributed by atoms with Crippen molar-refractivity contribution in [3.63, 3.8) is 0 Å². The first-order valence-corrected chi connectivity index (χ1v) is 5.14. The maximum Gasteiger partial charge on any atom is 0.144 e. The van der Waals surface area contributed by atoms with Crippen LogP contribution < -0.4 is 0 Å². The van der Waals surface area contributed by atoms with Crippen molar-refractivity contribution in [2.24, 2.45) is 4.40 Å². The summed E-state index contributed by atoms with van der Waals surface area (Å²) in [5, 5.41) is 0. The van der Waals surface area contributed by atoms with Crippen LogP contribution in [0.2, 0.25) is 0 Å². The van der Waals surface area contributed by atoms with Crippen LogP contribution in [0, 0.1) is 0 Å². The molecule has 0 rings (SSSR count). The zero-order valence-corrected chi connectivity index (χ0v) is 8.86. The molecule has 0 heterocycles. The summed E-state index contributed by atoms with van der Waals surface area (Å²) in [7, 11) is -1.11. The topological polar surface area (TPSA) is 29.4 Å². The molecular weight excluding hydrogens is 170 g/mol. The predicted octanol–water partition coefficient (Wildman–Crippen LogP) is 2.49. The van der Waals surface area contributed by atoms with Crippen molar-refractivity contribution in [2.45, 2.75) is 38.4 Å². The number of hydrogen-bond donors (Lipinski definition) is 0. The second-order valence-corrected chi connectivity index (χ2v) is 5.45. The van der Waals surface area contributed by atoms with Crippen molar-refractivity contribution in [2.75, 3.05) is 0 Å². The Balaban J connectivity index is 3.84. The molecule has 0 aromatic carbocycles. The molecule has 0 aromatic heterocycles. The Labute approximate surface area is 77.4 Å². The van der Waals surface area contributed by atoms with Crippen molar-refractivity contribution in [1.29, 1.82) is 0 Å². The van der Waals surface area contributed by atoms with Crippen molar-refractivity contribution in [1.82, 2.24) is 0 Å². The van der Waals surface area contributed by atoms with Gasteiger partial charge < -0.3 is 0 Å². The van der Waals surface area contributed by atoms with Gasteiger partial charge in [-0.2, -0.15) is 4.40 Å². The van der Waals surface area contributed by atoms with E-state index in [0.29, 0.717) is 0 Å². The van der Waals surface area contributed by atoms with Crippen LogP contribution in [0.3, 0.4) is 0 Å². The zero-order valence-electron chi connectivity index (χ0n) is 8.04. The van der Waals surface area contributed by atoms with Crippen LogP contribution >= 0.6 is 0 Å². The van der Waals surface area contributed by atoms with Crippen LogP contribution in [0.5, 0.6) is 0 Å². The minimum absolute atomic E-state index is 0.245. The Morgan fingerprint density at radius 3 is 2.42 bits per heavy atom. The Hall–Kier alpha value is -0.440. The summed E-state index contributed by atoms with van der Waals surface area (Å²) in [6, 6.07) is 0. The van der Waals surface area contributed by atoms with E-state index in [0.717, 1.165) is 12.8 Å². The summed E-state index contributed by atoms with van der Waals surface area (Å²) in [6.07, 6.45) is 5.26. The molecule has 0 spiro atoms. The Morgan fingerprint density at radius 1 is 1.42 bits per heavy atom. The molecule has 3 heteroatoms. The minimum Gasteiger partial charge on any atom is -0.234 e. The third-order valence-corrected chi connectivity index (χ3v) is 2.58. The van der Waals surface area contributed by atoms with E-state index in [-0.39, 0.29) is 4.75 Å². The molecular formula is C9H17NOS. The minimum atomic E-state index is -1.11. The molecule has 2 nitrogen and oxygen atoms in total. The van der Waals surface area contributed by atoms with Crippen molar-refractivity contribution in [3.05, 3.63) is 12.7 Å². The lowest BCUT2D eigenvalue weighted by Crippen LogP contribution is -2.19. The molecule has 0 aliphatic rings. The molecule has 0 aromatic rings. The third-order valence-electron chi connectivity index (χ3n) is 1.19. The number of unbranched alkanes of at least 4 members (excludes halogenated alkanes) is 1. The first kappa shape index (κ1) is 11.6. The molecule has 0 aliphatic heterocycles. The fourth-order valence-corrected chi connectivity index (χ4v) is 1.03. The maximum absolute atomic E-state index is 11.3. The normalized spacial score (nSPS) is 14.9. The quantitative estimate of drug-likeness (QED) is 0.378. The molecule has 0 bridgehead atoms. The van der Waals surface area contributed by atoms with Crippen LogP contribution in [0.1, 0.15) is 33.6 Å². The number of allylic oxidation sites excluding steroid dienone is 1. The Kier molecular flexibility index (Phi) is 5.06. The van der Waals surface area contributed by atoms with E-state index in [1.807, 2.05) is 26.8 Å². The van der Waals surface area contributed by atoms with Gasteiger partial charge in [-0.15, -0.1) is 6.58 Å². The van der Waals surface area contributed by atoms with Gasteiger partial charge in [-0.3, -0.25) is 0 Å². The molecule has 0 saturated carbocycles. The molecule has 12 heavy (non-hydrogen) atoms. The number of nitrogens with zero attached hydrogens (tertiary/aromatic N) is 1. The van der Waals surface area contributed by atoms with Gasteiger partial charge in [-0.05, 0) is 33.6 Å². The van der Waals surface area contributed by atoms with Crippen LogP contribution in [-0.2, 0) is 11.0 Å². The monoisotopic (exact) mass is 187 g/mol. The van der Waals surface area contributed by atoms with Gasteiger partial charge >= 0.3 is 0 Å². The summed E-state index contributed by atoms with van der Waals surface area (Å²) >= 11 is 0. The lowest BCUT2D eigenvalue weighted by Gasteiger charge is -2.12. The van der Waals surface area contributed by atoms with E-state index in [4.69, 9.17) is 0 Å². The first-order valence-electron chi connectivity index (χ1n) is 4.04. The second-order valence-electron chi connectivity index (χ2n) is 3.52. The number of hydrogen-bond acceptors (Lipinski definition) is 1. The molecule has 0 radical (unpaired) electrons.